The second-order valence-corrected chi connectivity index (χ2v) is 9.50. The number of halogens is 1. The highest BCUT2D eigenvalue weighted by Crippen LogP contribution is 2.36. The van der Waals surface area contributed by atoms with Gasteiger partial charge < -0.3 is 5.32 Å². The Bertz CT molecular complexity index is 945. The Morgan fingerprint density at radius 3 is 2.76 bits per heavy atom. The summed E-state index contributed by atoms with van der Waals surface area (Å²) < 4.78 is 28.0. The van der Waals surface area contributed by atoms with Crippen molar-refractivity contribution >= 4 is 50.7 Å². The number of aryl methyl sites for hydroxylation is 1. The molecule has 1 unspecified atom stereocenters. The Hall–Kier alpha value is -1.70. The van der Waals surface area contributed by atoms with Crippen LogP contribution in [0.5, 0.6) is 0 Å². The molecule has 1 aliphatic heterocycles. The third-order valence-electron chi connectivity index (χ3n) is 3.78. The van der Waals surface area contributed by atoms with Gasteiger partial charge in [-0.15, -0.1) is 11.8 Å². The zero-order valence-electron chi connectivity index (χ0n) is 13.7. The van der Waals surface area contributed by atoms with E-state index in [1.807, 2.05) is 6.92 Å². The lowest BCUT2D eigenvalue weighted by Gasteiger charge is -2.13. The van der Waals surface area contributed by atoms with Gasteiger partial charge in [0.15, 0.2) is 0 Å². The van der Waals surface area contributed by atoms with Gasteiger partial charge in [-0.05, 0) is 42.8 Å². The highest BCUT2D eigenvalue weighted by atomic mass is 35.5. The number of anilines is 2. The number of amides is 1. The molecule has 1 aliphatic rings. The van der Waals surface area contributed by atoms with Crippen LogP contribution in [0.15, 0.2) is 46.2 Å². The smallest absolute Gasteiger partial charge is 0.261 e. The maximum atomic E-state index is 12.7. The fourth-order valence-electron chi connectivity index (χ4n) is 2.51. The summed E-state index contributed by atoms with van der Waals surface area (Å²) >= 11 is 7.50. The summed E-state index contributed by atoms with van der Waals surface area (Å²) in [6, 6.07) is 9.76. The topological polar surface area (TPSA) is 75.3 Å². The van der Waals surface area contributed by atoms with Gasteiger partial charge in [-0.25, -0.2) is 8.42 Å². The number of carbonyl (C=O) groups is 1. The lowest BCUT2D eigenvalue weighted by atomic mass is 10.2. The van der Waals surface area contributed by atoms with Crippen molar-refractivity contribution in [2.45, 2.75) is 35.3 Å². The summed E-state index contributed by atoms with van der Waals surface area (Å²) in [6.45, 7) is 3.76. The SMILES string of the molecule is Cc1ccc(Cl)cc1NS(=O)(=O)c1ccc2c(c1)NC(=O)CC(C)S2. The van der Waals surface area contributed by atoms with Crippen LogP contribution in [0.2, 0.25) is 5.02 Å². The van der Waals surface area contributed by atoms with Crippen molar-refractivity contribution in [2.24, 2.45) is 0 Å². The third-order valence-corrected chi connectivity index (χ3v) is 6.56. The Morgan fingerprint density at radius 2 is 2.00 bits per heavy atom. The summed E-state index contributed by atoms with van der Waals surface area (Å²) in [7, 11) is -3.80. The molecule has 2 aromatic carbocycles. The zero-order valence-corrected chi connectivity index (χ0v) is 16.1. The summed E-state index contributed by atoms with van der Waals surface area (Å²) in [5, 5.41) is 3.36. The van der Waals surface area contributed by atoms with Crippen molar-refractivity contribution in [3.63, 3.8) is 0 Å². The quantitative estimate of drug-likeness (QED) is 0.812. The highest BCUT2D eigenvalue weighted by molar-refractivity contribution is 8.00. The van der Waals surface area contributed by atoms with E-state index in [1.165, 1.54) is 12.1 Å². The third kappa shape index (κ3) is 4.11. The van der Waals surface area contributed by atoms with Gasteiger partial charge in [0.2, 0.25) is 5.91 Å². The van der Waals surface area contributed by atoms with Crippen molar-refractivity contribution in [2.75, 3.05) is 10.0 Å². The fourth-order valence-corrected chi connectivity index (χ4v) is 4.88. The fraction of sp³-hybridized carbons (Fsp3) is 0.235. The number of nitrogens with one attached hydrogen (secondary N) is 2. The summed E-state index contributed by atoms with van der Waals surface area (Å²) in [6.07, 6.45) is 0.390. The van der Waals surface area contributed by atoms with E-state index in [9.17, 15) is 13.2 Å². The average Bonchev–Trinajstić information content (AvgIpc) is 2.66. The van der Waals surface area contributed by atoms with E-state index >= 15 is 0 Å². The van der Waals surface area contributed by atoms with Gasteiger partial charge in [0.25, 0.3) is 10.0 Å². The molecule has 2 aromatic rings. The number of hydrogen-bond donors (Lipinski definition) is 2. The Kier molecular flexibility index (Phi) is 4.99. The van der Waals surface area contributed by atoms with Crippen LogP contribution in [0.25, 0.3) is 0 Å². The molecule has 3 rings (SSSR count). The lowest BCUT2D eigenvalue weighted by molar-refractivity contribution is -0.116. The van der Waals surface area contributed by atoms with Gasteiger partial charge in [-0.3, -0.25) is 9.52 Å². The van der Waals surface area contributed by atoms with E-state index in [0.29, 0.717) is 22.8 Å². The largest absolute Gasteiger partial charge is 0.325 e. The van der Waals surface area contributed by atoms with E-state index in [-0.39, 0.29) is 16.1 Å². The van der Waals surface area contributed by atoms with Crippen LogP contribution in [0, 0.1) is 6.92 Å². The molecule has 25 heavy (non-hydrogen) atoms. The van der Waals surface area contributed by atoms with Crippen LogP contribution in [-0.2, 0) is 14.8 Å². The van der Waals surface area contributed by atoms with E-state index in [4.69, 9.17) is 11.6 Å². The molecule has 0 radical (unpaired) electrons. The number of sulfonamides is 1. The first-order chi connectivity index (χ1) is 11.7. The van der Waals surface area contributed by atoms with Crippen molar-refractivity contribution in [3.05, 3.63) is 47.0 Å². The van der Waals surface area contributed by atoms with Crippen molar-refractivity contribution < 1.29 is 13.2 Å². The first-order valence-electron chi connectivity index (χ1n) is 7.64. The molecule has 0 aromatic heterocycles. The minimum atomic E-state index is -3.80. The molecule has 0 aliphatic carbocycles. The van der Waals surface area contributed by atoms with E-state index < -0.39 is 10.0 Å². The molecule has 0 saturated carbocycles. The second kappa shape index (κ2) is 6.90. The standard InChI is InChI=1S/C17H17ClN2O3S2/c1-10-3-4-12(18)8-14(10)20-25(22,23)13-5-6-16-15(9-13)19-17(21)7-11(2)24-16/h3-6,8-9,11,20H,7H2,1-2H3,(H,19,21). The van der Waals surface area contributed by atoms with E-state index in [2.05, 4.69) is 10.0 Å². The number of carbonyl (C=O) groups excluding carboxylic acids is 1. The molecule has 0 fully saturated rings. The lowest BCUT2D eigenvalue weighted by Crippen LogP contribution is -2.15. The molecule has 1 atom stereocenters. The molecular weight excluding hydrogens is 380 g/mol. The summed E-state index contributed by atoms with van der Waals surface area (Å²) in [5.41, 5.74) is 1.71. The monoisotopic (exact) mass is 396 g/mol. The molecule has 1 heterocycles. The van der Waals surface area contributed by atoms with E-state index in [1.54, 1.807) is 43.0 Å². The maximum Gasteiger partial charge on any atom is 0.261 e. The van der Waals surface area contributed by atoms with Crippen LogP contribution in [-0.4, -0.2) is 19.6 Å². The number of benzene rings is 2. The molecule has 2 N–H and O–H groups in total. The van der Waals surface area contributed by atoms with Gasteiger partial charge in [0.05, 0.1) is 16.3 Å². The molecule has 0 saturated heterocycles. The Balaban J connectivity index is 1.96. The van der Waals surface area contributed by atoms with Crippen LogP contribution in [0.1, 0.15) is 18.9 Å². The molecular formula is C17H17ClN2O3S2. The molecule has 1 amide bonds. The van der Waals surface area contributed by atoms with Gasteiger partial charge >= 0.3 is 0 Å². The zero-order chi connectivity index (χ0) is 18.2. The predicted molar refractivity (Wildman–Crippen MR) is 102 cm³/mol. The Morgan fingerprint density at radius 1 is 1.24 bits per heavy atom. The van der Waals surface area contributed by atoms with Crippen molar-refractivity contribution in [1.82, 2.24) is 0 Å². The van der Waals surface area contributed by atoms with Gasteiger partial charge in [0.1, 0.15) is 0 Å². The van der Waals surface area contributed by atoms with E-state index in [0.717, 1.165) is 10.5 Å². The number of rotatable bonds is 3. The first-order valence-corrected chi connectivity index (χ1v) is 10.4. The number of thioether (sulfide) groups is 1. The molecule has 8 heteroatoms. The van der Waals surface area contributed by atoms with Crippen LogP contribution in [0.4, 0.5) is 11.4 Å². The summed E-state index contributed by atoms with van der Waals surface area (Å²) in [5.74, 6) is -0.119. The number of fused-ring (bicyclic) bond motifs is 1. The van der Waals surface area contributed by atoms with Gasteiger partial charge in [-0.2, -0.15) is 0 Å². The normalized spacial score (nSPS) is 17.4. The van der Waals surface area contributed by atoms with Crippen molar-refractivity contribution in [3.8, 4) is 0 Å². The molecule has 5 nitrogen and oxygen atoms in total. The van der Waals surface area contributed by atoms with Gasteiger partial charge in [-0.1, -0.05) is 24.6 Å². The minimum absolute atomic E-state index is 0.0843. The first kappa shape index (κ1) is 18.1. The minimum Gasteiger partial charge on any atom is -0.325 e. The average molecular weight is 397 g/mol. The van der Waals surface area contributed by atoms with Crippen LogP contribution >= 0.6 is 23.4 Å². The highest BCUT2D eigenvalue weighted by Gasteiger charge is 2.22. The second-order valence-electron chi connectivity index (χ2n) is 5.90. The predicted octanol–water partition coefficient (Wildman–Crippen LogP) is 4.27. The van der Waals surface area contributed by atoms with Crippen molar-refractivity contribution in [1.29, 1.82) is 0 Å². The maximum absolute atomic E-state index is 12.7. The molecule has 132 valence electrons. The number of hydrogen-bond acceptors (Lipinski definition) is 4. The Labute approximate surface area is 156 Å². The van der Waals surface area contributed by atoms with Gasteiger partial charge in [0, 0.05) is 21.6 Å². The van der Waals surface area contributed by atoms with Crippen LogP contribution in [0.3, 0.4) is 0 Å². The molecule has 0 bridgehead atoms. The summed E-state index contributed by atoms with van der Waals surface area (Å²) in [4.78, 5) is 12.8. The van der Waals surface area contributed by atoms with Crippen LogP contribution < -0.4 is 10.0 Å². The molecule has 0 spiro atoms.